The number of rotatable bonds is 6. The molecular weight excluding hydrogens is 422 g/mol. The number of nitrogens with one attached hydrogen (secondary N) is 1. The summed E-state index contributed by atoms with van der Waals surface area (Å²) in [4.78, 5) is 39.7. The molecule has 9 nitrogen and oxygen atoms in total. The summed E-state index contributed by atoms with van der Waals surface area (Å²) in [5.74, 6) is -0.507. The van der Waals surface area contributed by atoms with Gasteiger partial charge in [-0.05, 0) is 43.2 Å². The van der Waals surface area contributed by atoms with Gasteiger partial charge in [0.15, 0.2) is 0 Å². The van der Waals surface area contributed by atoms with Crippen LogP contribution in [0.5, 0.6) is 0 Å². The van der Waals surface area contributed by atoms with E-state index in [2.05, 4.69) is 4.98 Å². The lowest BCUT2D eigenvalue weighted by Gasteiger charge is -2.17. The van der Waals surface area contributed by atoms with Crippen LogP contribution in [-0.4, -0.2) is 42.8 Å². The third-order valence-corrected chi connectivity index (χ3v) is 6.99. The lowest BCUT2D eigenvalue weighted by Crippen LogP contribution is -2.35. The number of para-hydroxylation sites is 1. The average molecular weight is 443 g/mol. The average Bonchev–Trinajstić information content (AvgIpc) is 3.12. The van der Waals surface area contributed by atoms with Crippen LogP contribution in [0.4, 0.5) is 5.69 Å². The van der Waals surface area contributed by atoms with Crippen LogP contribution in [-0.2, 0) is 21.3 Å². The van der Waals surface area contributed by atoms with Crippen LogP contribution < -0.4 is 15.6 Å². The van der Waals surface area contributed by atoms with E-state index in [9.17, 15) is 22.8 Å². The molecule has 0 aliphatic carbocycles. The Hall–Kier alpha value is -3.40. The van der Waals surface area contributed by atoms with Crippen molar-refractivity contribution in [3.05, 3.63) is 74.9 Å². The number of benzene rings is 2. The van der Waals surface area contributed by atoms with Crippen molar-refractivity contribution in [3.63, 3.8) is 0 Å². The highest BCUT2D eigenvalue weighted by Gasteiger charge is 2.28. The van der Waals surface area contributed by atoms with Gasteiger partial charge in [0.05, 0.1) is 34.5 Å². The second kappa shape index (κ2) is 8.38. The third-order valence-electron chi connectivity index (χ3n) is 5.12. The van der Waals surface area contributed by atoms with E-state index < -0.39 is 27.2 Å². The number of nitrogens with zero attached hydrogens (tertiary/aromatic N) is 2. The zero-order chi connectivity index (χ0) is 22.0. The molecule has 0 spiro atoms. The fourth-order valence-electron chi connectivity index (χ4n) is 3.59. The van der Waals surface area contributed by atoms with E-state index in [-0.39, 0.29) is 30.9 Å². The Morgan fingerprint density at radius 1 is 1.10 bits per heavy atom. The first-order valence-electron chi connectivity index (χ1n) is 9.86. The normalized spacial score (nSPS) is 15.3. The summed E-state index contributed by atoms with van der Waals surface area (Å²) in [5.41, 5.74) is 0.223. The molecule has 0 bridgehead atoms. The van der Waals surface area contributed by atoms with Crippen molar-refractivity contribution in [2.24, 2.45) is 0 Å². The molecule has 4 rings (SSSR count). The predicted octanol–water partition coefficient (Wildman–Crippen LogP) is 1.48. The first-order chi connectivity index (χ1) is 14.9. The SMILES string of the molecule is O=C(OCCCn1c(=O)[nH]c2ccccc2c1=O)c1cccc(N2CCCS2(=O)=O)c1. The van der Waals surface area contributed by atoms with Crippen molar-refractivity contribution in [1.29, 1.82) is 0 Å². The first kappa shape index (κ1) is 20.9. The molecule has 2 heterocycles. The lowest BCUT2D eigenvalue weighted by molar-refractivity contribution is 0.0495. The van der Waals surface area contributed by atoms with Crippen molar-refractivity contribution in [3.8, 4) is 0 Å². The predicted molar refractivity (Wildman–Crippen MR) is 116 cm³/mol. The summed E-state index contributed by atoms with van der Waals surface area (Å²) in [6.45, 7) is 0.484. The van der Waals surface area contributed by atoms with Crippen LogP contribution in [0.15, 0.2) is 58.1 Å². The second-order valence-electron chi connectivity index (χ2n) is 7.21. The van der Waals surface area contributed by atoms with Gasteiger partial charge in [0.25, 0.3) is 5.56 Å². The lowest BCUT2D eigenvalue weighted by atomic mass is 10.2. The number of aromatic amines is 1. The summed E-state index contributed by atoms with van der Waals surface area (Å²) in [6.07, 6.45) is 0.817. The van der Waals surface area contributed by atoms with Gasteiger partial charge in [-0.15, -0.1) is 0 Å². The van der Waals surface area contributed by atoms with Gasteiger partial charge in [-0.2, -0.15) is 0 Å². The molecule has 1 aliphatic rings. The Morgan fingerprint density at radius 3 is 2.68 bits per heavy atom. The molecule has 0 saturated carbocycles. The van der Waals surface area contributed by atoms with Crippen LogP contribution in [0.1, 0.15) is 23.2 Å². The minimum atomic E-state index is -3.34. The molecule has 1 fully saturated rings. The second-order valence-corrected chi connectivity index (χ2v) is 9.23. The number of aromatic nitrogens is 2. The molecule has 31 heavy (non-hydrogen) atoms. The topological polar surface area (TPSA) is 119 Å². The van der Waals surface area contributed by atoms with Crippen molar-refractivity contribution in [2.75, 3.05) is 23.2 Å². The molecule has 1 aromatic heterocycles. The smallest absolute Gasteiger partial charge is 0.338 e. The molecule has 0 atom stereocenters. The van der Waals surface area contributed by atoms with Crippen LogP contribution in [0.2, 0.25) is 0 Å². The van der Waals surface area contributed by atoms with Gasteiger partial charge in [-0.3, -0.25) is 13.7 Å². The van der Waals surface area contributed by atoms with Crippen molar-refractivity contribution in [1.82, 2.24) is 9.55 Å². The minimum Gasteiger partial charge on any atom is -0.462 e. The Balaban J connectivity index is 1.39. The maximum atomic E-state index is 12.5. The van der Waals surface area contributed by atoms with Gasteiger partial charge in [0, 0.05) is 13.1 Å². The zero-order valence-corrected chi connectivity index (χ0v) is 17.4. The largest absolute Gasteiger partial charge is 0.462 e. The van der Waals surface area contributed by atoms with E-state index in [1.165, 1.54) is 10.4 Å². The molecule has 0 amide bonds. The van der Waals surface area contributed by atoms with Crippen LogP contribution in [0.25, 0.3) is 10.9 Å². The molecular formula is C21H21N3O6S. The Kier molecular flexibility index (Phi) is 5.64. The Bertz CT molecular complexity index is 1360. The first-order valence-corrected chi connectivity index (χ1v) is 11.5. The highest BCUT2D eigenvalue weighted by Crippen LogP contribution is 2.25. The van der Waals surface area contributed by atoms with E-state index >= 15 is 0 Å². The number of hydrogen-bond donors (Lipinski definition) is 1. The van der Waals surface area contributed by atoms with Gasteiger partial charge in [0.2, 0.25) is 10.0 Å². The van der Waals surface area contributed by atoms with Gasteiger partial charge in [0.1, 0.15) is 0 Å². The molecule has 0 radical (unpaired) electrons. The van der Waals surface area contributed by atoms with Crippen molar-refractivity contribution >= 4 is 32.6 Å². The number of H-pyrrole nitrogens is 1. The van der Waals surface area contributed by atoms with Crippen LogP contribution >= 0.6 is 0 Å². The van der Waals surface area contributed by atoms with Crippen molar-refractivity contribution < 1.29 is 17.9 Å². The summed E-state index contributed by atoms with van der Waals surface area (Å²) in [6, 6.07) is 13.0. The number of sulfonamides is 1. The zero-order valence-electron chi connectivity index (χ0n) is 16.6. The highest BCUT2D eigenvalue weighted by molar-refractivity contribution is 7.93. The minimum absolute atomic E-state index is 0.00375. The van der Waals surface area contributed by atoms with E-state index in [1.54, 1.807) is 42.5 Å². The summed E-state index contributed by atoms with van der Waals surface area (Å²) in [7, 11) is -3.34. The molecule has 1 aliphatic heterocycles. The molecule has 1 saturated heterocycles. The number of hydrogen-bond acceptors (Lipinski definition) is 6. The van der Waals surface area contributed by atoms with Crippen LogP contribution in [0.3, 0.4) is 0 Å². The number of carbonyl (C=O) groups is 1. The number of carbonyl (C=O) groups excluding carboxylic acids is 1. The van der Waals surface area contributed by atoms with Crippen molar-refractivity contribution in [2.45, 2.75) is 19.4 Å². The number of ether oxygens (including phenoxy) is 1. The molecule has 1 N–H and O–H groups in total. The summed E-state index contributed by atoms with van der Waals surface area (Å²) >= 11 is 0. The standard InChI is InChI=1S/C21H21N3O6S/c25-19-17-8-1-2-9-18(17)22-21(27)23(19)10-4-12-30-20(26)15-6-3-7-16(14-15)24-11-5-13-31(24,28)29/h1-3,6-9,14H,4-5,10-13H2,(H,22,27). The molecule has 3 aromatic rings. The number of fused-ring (bicyclic) bond motifs is 1. The summed E-state index contributed by atoms with van der Waals surface area (Å²) in [5, 5.41) is 0.410. The fourth-order valence-corrected chi connectivity index (χ4v) is 5.15. The maximum absolute atomic E-state index is 12.5. The quantitative estimate of drug-likeness (QED) is 0.455. The van der Waals surface area contributed by atoms with Gasteiger partial charge in [-0.25, -0.2) is 18.0 Å². The van der Waals surface area contributed by atoms with E-state index in [0.29, 0.717) is 29.6 Å². The molecule has 162 valence electrons. The molecule has 2 aromatic carbocycles. The van der Waals surface area contributed by atoms with E-state index in [1.807, 2.05) is 0 Å². The third kappa shape index (κ3) is 4.24. The molecule has 0 unspecified atom stereocenters. The van der Waals surface area contributed by atoms with Gasteiger partial charge >= 0.3 is 11.7 Å². The number of esters is 1. The molecule has 10 heteroatoms. The number of anilines is 1. The van der Waals surface area contributed by atoms with E-state index in [0.717, 1.165) is 4.57 Å². The Morgan fingerprint density at radius 2 is 1.90 bits per heavy atom. The van der Waals surface area contributed by atoms with Gasteiger partial charge < -0.3 is 9.72 Å². The summed E-state index contributed by atoms with van der Waals surface area (Å²) < 4.78 is 31.8. The fraction of sp³-hybridized carbons (Fsp3) is 0.286. The van der Waals surface area contributed by atoms with Gasteiger partial charge in [-0.1, -0.05) is 18.2 Å². The van der Waals surface area contributed by atoms with E-state index in [4.69, 9.17) is 4.74 Å². The maximum Gasteiger partial charge on any atom is 0.338 e. The highest BCUT2D eigenvalue weighted by atomic mass is 32.2. The monoisotopic (exact) mass is 443 g/mol. The Labute approximate surface area is 177 Å². The van der Waals surface area contributed by atoms with Crippen LogP contribution in [0, 0.1) is 0 Å².